The second-order valence-corrected chi connectivity index (χ2v) is 7.84. The molecule has 1 saturated heterocycles. The van der Waals surface area contributed by atoms with Crippen LogP contribution in [0.15, 0.2) is 34.1 Å². The van der Waals surface area contributed by atoms with Crippen molar-refractivity contribution in [2.24, 2.45) is 0 Å². The standard InChI is InChI=1S/C14H16F5NS2/c1-20-8-6-11(7-9-20)21-10-2-4-12(5-3-10)22(19)13(15)14(16,17)18/h2-5,11H,6-9H2,1H3. The molecule has 1 aromatic rings. The van der Waals surface area contributed by atoms with Crippen molar-refractivity contribution in [2.45, 2.75) is 34.1 Å². The molecule has 1 aliphatic rings. The third-order valence-electron chi connectivity index (χ3n) is 3.38. The number of rotatable bonds is 3. The van der Waals surface area contributed by atoms with Gasteiger partial charge in [0.05, 0.1) is 10.9 Å². The Kier molecular flexibility index (Phi) is 5.90. The van der Waals surface area contributed by atoms with E-state index in [9.17, 15) is 21.4 Å². The van der Waals surface area contributed by atoms with Crippen molar-refractivity contribution in [1.29, 1.82) is 0 Å². The van der Waals surface area contributed by atoms with Gasteiger partial charge in [0.1, 0.15) is 0 Å². The lowest BCUT2D eigenvalue weighted by Crippen LogP contribution is -2.31. The Hall–Kier alpha value is -0.600. The molecule has 1 nitrogen and oxygen atoms in total. The normalized spacial score (nSPS) is 20.0. The molecular weight excluding hydrogens is 341 g/mol. The fourth-order valence-corrected chi connectivity index (χ4v) is 4.05. The molecule has 124 valence electrons. The van der Waals surface area contributed by atoms with Crippen molar-refractivity contribution in [3.8, 4) is 0 Å². The lowest BCUT2D eigenvalue weighted by atomic mass is 10.1. The van der Waals surface area contributed by atoms with Crippen LogP contribution in [0, 0.1) is 0 Å². The third-order valence-corrected chi connectivity index (χ3v) is 5.96. The topological polar surface area (TPSA) is 3.24 Å². The molecule has 1 fully saturated rings. The molecule has 0 radical (unpaired) electrons. The molecule has 1 aromatic carbocycles. The molecule has 0 saturated carbocycles. The Bertz CT molecular complexity index is 533. The van der Waals surface area contributed by atoms with Crippen molar-refractivity contribution < 1.29 is 21.4 Å². The second kappa shape index (κ2) is 7.31. The number of piperidine rings is 1. The summed E-state index contributed by atoms with van der Waals surface area (Å²) in [4.78, 5) is 2.82. The van der Waals surface area contributed by atoms with Crippen LogP contribution in [-0.4, -0.2) is 41.6 Å². The minimum atomic E-state index is -5.25. The molecule has 0 spiro atoms. The molecule has 1 aliphatic heterocycles. The zero-order valence-corrected chi connectivity index (χ0v) is 13.5. The summed E-state index contributed by atoms with van der Waals surface area (Å²) in [5, 5.41) is -2.13. The molecule has 0 amide bonds. The average molecular weight is 357 g/mol. The van der Waals surface area contributed by atoms with E-state index in [0.717, 1.165) is 30.8 Å². The van der Waals surface area contributed by atoms with Gasteiger partial charge in [0.25, 0.3) is 5.12 Å². The van der Waals surface area contributed by atoms with Crippen molar-refractivity contribution in [2.75, 3.05) is 20.1 Å². The average Bonchev–Trinajstić information content (AvgIpc) is 2.48. The Morgan fingerprint density at radius 2 is 1.73 bits per heavy atom. The first kappa shape index (κ1) is 17.7. The Labute approximate surface area is 133 Å². The summed E-state index contributed by atoms with van der Waals surface area (Å²) in [6, 6.07) is 5.57. The largest absolute Gasteiger partial charge is 0.451 e. The van der Waals surface area contributed by atoms with Crippen LogP contribution in [0.25, 0.3) is 0 Å². The maximum absolute atomic E-state index is 13.5. The van der Waals surface area contributed by atoms with Crippen LogP contribution in [-0.2, 0) is 0 Å². The number of thioether (sulfide) groups is 1. The summed E-state index contributed by atoms with van der Waals surface area (Å²) in [5.41, 5.74) is 0. The molecule has 0 bridgehead atoms. The molecule has 0 N–H and O–H groups in total. The van der Waals surface area contributed by atoms with E-state index in [4.69, 9.17) is 0 Å². The predicted octanol–water partition coefficient (Wildman–Crippen LogP) is 5.05. The van der Waals surface area contributed by atoms with Gasteiger partial charge in [-0.15, -0.1) is 11.8 Å². The zero-order chi connectivity index (χ0) is 16.3. The summed E-state index contributed by atoms with van der Waals surface area (Å²) in [6.45, 7) is 2.02. The molecule has 1 heterocycles. The number of likely N-dealkylation sites (tertiary alicyclic amines) is 1. The van der Waals surface area contributed by atoms with Crippen molar-refractivity contribution in [3.63, 3.8) is 0 Å². The molecule has 0 aliphatic carbocycles. The van der Waals surface area contributed by atoms with E-state index in [1.54, 1.807) is 23.9 Å². The van der Waals surface area contributed by atoms with Crippen molar-refractivity contribution >= 4 is 27.8 Å². The number of hydrogen-bond donors (Lipinski definition) is 0. The van der Waals surface area contributed by atoms with Gasteiger partial charge in [0.15, 0.2) is 0 Å². The van der Waals surface area contributed by atoms with Gasteiger partial charge in [-0.05, 0) is 57.2 Å². The number of halogens is 5. The summed E-state index contributed by atoms with van der Waals surface area (Å²) in [5.74, 6) is 0. The molecule has 8 heteroatoms. The van der Waals surface area contributed by atoms with E-state index in [1.165, 1.54) is 12.1 Å². The minimum Gasteiger partial charge on any atom is -0.306 e. The van der Waals surface area contributed by atoms with Gasteiger partial charge in [0.2, 0.25) is 0 Å². The molecule has 22 heavy (non-hydrogen) atoms. The van der Waals surface area contributed by atoms with Crippen LogP contribution in [0.2, 0.25) is 0 Å². The number of alkyl halides is 3. The molecule has 1 unspecified atom stereocenters. The first-order valence-electron chi connectivity index (χ1n) is 6.73. The number of nitrogens with zero attached hydrogens (tertiary/aromatic N) is 1. The van der Waals surface area contributed by atoms with Gasteiger partial charge in [-0.2, -0.15) is 21.4 Å². The molecule has 2 rings (SSSR count). The van der Waals surface area contributed by atoms with Crippen LogP contribution in [0.3, 0.4) is 0 Å². The van der Waals surface area contributed by atoms with E-state index in [2.05, 4.69) is 11.9 Å². The highest BCUT2D eigenvalue weighted by Gasteiger charge is 2.38. The van der Waals surface area contributed by atoms with E-state index in [0.29, 0.717) is 5.25 Å². The van der Waals surface area contributed by atoms with Gasteiger partial charge in [-0.3, -0.25) is 0 Å². The molecule has 1 atom stereocenters. The van der Waals surface area contributed by atoms with Gasteiger partial charge in [0, 0.05) is 15.0 Å². The number of hydrogen-bond acceptors (Lipinski definition) is 2. The quantitative estimate of drug-likeness (QED) is 0.423. The predicted molar refractivity (Wildman–Crippen MR) is 82.0 cm³/mol. The molecule has 0 aromatic heterocycles. The van der Waals surface area contributed by atoms with Gasteiger partial charge >= 0.3 is 6.18 Å². The van der Waals surface area contributed by atoms with Gasteiger partial charge < -0.3 is 4.90 Å². The zero-order valence-electron chi connectivity index (χ0n) is 11.9. The van der Waals surface area contributed by atoms with Crippen molar-refractivity contribution in [1.82, 2.24) is 4.90 Å². The SMILES string of the molecule is CN1CCC(Sc2ccc(/S(F)=C(/F)C(F)(F)F)cc2)CC1. The Balaban J connectivity index is 2.04. The van der Waals surface area contributed by atoms with Crippen LogP contribution in [0.4, 0.5) is 21.4 Å². The summed E-state index contributed by atoms with van der Waals surface area (Å²) in [6.07, 6.45) is -3.18. The van der Waals surface area contributed by atoms with Crippen LogP contribution < -0.4 is 0 Å². The fraction of sp³-hybridized carbons (Fsp3) is 0.500. The van der Waals surface area contributed by atoms with Crippen molar-refractivity contribution in [3.05, 3.63) is 24.3 Å². The maximum atomic E-state index is 13.5. The first-order chi connectivity index (χ1) is 10.3. The monoisotopic (exact) mass is 357 g/mol. The summed E-state index contributed by atoms with van der Waals surface area (Å²) in [7, 11) is -0.999. The maximum Gasteiger partial charge on any atom is 0.451 e. The van der Waals surface area contributed by atoms with E-state index in [-0.39, 0.29) is 4.90 Å². The summed E-state index contributed by atoms with van der Waals surface area (Å²) >= 11 is 1.63. The lowest BCUT2D eigenvalue weighted by Gasteiger charge is -2.28. The van der Waals surface area contributed by atoms with E-state index < -0.39 is 22.2 Å². The highest BCUT2D eigenvalue weighted by molar-refractivity contribution is 8.11. The highest BCUT2D eigenvalue weighted by Crippen LogP contribution is 2.37. The smallest absolute Gasteiger partial charge is 0.306 e. The molecular formula is C14H16F5NS2. The fourth-order valence-electron chi connectivity index (χ4n) is 2.14. The third kappa shape index (κ3) is 4.70. The van der Waals surface area contributed by atoms with Crippen LogP contribution >= 0.6 is 22.6 Å². The minimum absolute atomic E-state index is 0.289. The van der Waals surface area contributed by atoms with Crippen LogP contribution in [0.5, 0.6) is 0 Å². The second-order valence-electron chi connectivity index (χ2n) is 5.12. The summed E-state index contributed by atoms with van der Waals surface area (Å²) < 4.78 is 62.9. The first-order valence-corrected chi connectivity index (χ1v) is 8.73. The van der Waals surface area contributed by atoms with E-state index in [1.807, 2.05) is 0 Å². The Morgan fingerprint density at radius 3 is 2.23 bits per heavy atom. The van der Waals surface area contributed by atoms with E-state index >= 15 is 0 Å². The Morgan fingerprint density at radius 1 is 1.18 bits per heavy atom. The lowest BCUT2D eigenvalue weighted by molar-refractivity contribution is -0.0644. The van der Waals surface area contributed by atoms with Crippen LogP contribution in [0.1, 0.15) is 12.8 Å². The highest BCUT2D eigenvalue weighted by atomic mass is 32.2. The number of benzene rings is 1. The van der Waals surface area contributed by atoms with Gasteiger partial charge in [-0.25, -0.2) is 0 Å². The van der Waals surface area contributed by atoms with Gasteiger partial charge in [-0.1, -0.05) is 0 Å².